The molecule has 9 heteroatoms. The number of carbonyl (C=O) groups excluding carboxylic acids is 1. The number of benzene rings is 2. The molecule has 0 atom stereocenters. The molecule has 23 heavy (non-hydrogen) atoms. The highest BCUT2D eigenvalue weighted by Gasteiger charge is 2.29. The van der Waals surface area contributed by atoms with Crippen molar-refractivity contribution >= 4 is 55.8 Å². The summed E-state index contributed by atoms with van der Waals surface area (Å²) in [6.45, 7) is -0.641. The van der Waals surface area contributed by atoms with Gasteiger partial charge in [-0.2, -0.15) is 0 Å². The van der Waals surface area contributed by atoms with Crippen LogP contribution in [0.1, 0.15) is 0 Å². The second-order valence-electron chi connectivity index (χ2n) is 4.42. The molecule has 0 saturated carbocycles. The lowest BCUT2D eigenvalue weighted by Gasteiger charge is -2.23. The predicted molar refractivity (Wildman–Crippen MR) is 88.3 cm³/mol. The van der Waals surface area contributed by atoms with Gasteiger partial charge in [0, 0.05) is 5.02 Å². The fourth-order valence-corrected chi connectivity index (χ4v) is 4.18. The summed E-state index contributed by atoms with van der Waals surface area (Å²) < 4.78 is 39.4. The molecule has 4 nitrogen and oxygen atoms in total. The van der Waals surface area contributed by atoms with Crippen molar-refractivity contribution in [2.75, 3.05) is 10.8 Å². The monoisotopic (exact) mass is 395 g/mol. The minimum Gasteiger partial charge on any atom is -0.279 e. The van der Waals surface area contributed by atoms with E-state index in [9.17, 15) is 17.6 Å². The van der Waals surface area contributed by atoms with E-state index < -0.39 is 27.6 Å². The van der Waals surface area contributed by atoms with E-state index in [4.69, 9.17) is 34.8 Å². The van der Waals surface area contributed by atoms with E-state index in [1.54, 1.807) is 0 Å². The Balaban J connectivity index is 2.59. The highest BCUT2D eigenvalue weighted by molar-refractivity contribution is 7.93. The molecule has 0 fully saturated rings. The lowest BCUT2D eigenvalue weighted by Crippen LogP contribution is -2.34. The molecule has 0 unspecified atom stereocenters. The first-order valence-electron chi connectivity index (χ1n) is 6.13. The van der Waals surface area contributed by atoms with Gasteiger partial charge in [-0.1, -0.05) is 23.2 Å². The summed E-state index contributed by atoms with van der Waals surface area (Å²) in [5.41, 5.74) is 0.0662. The van der Waals surface area contributed by atoms with E-state index in [-0.39, 0.29) is 20.6 Å². The summed E-state index contributed by atoms with van der Waals surface area (Å²) >= 11 is 17.1. The molecule has 0 spiro atoms. The fraction of sp³-hybridized carbons (Fsp3) is 0.0714. The van der Waals surface area contributed by atoms with Crippen molar-refractivity contribution in [3.63, 3.8) is 0 Å². The van der Waals surface area contributed by atoms with E-state index in [1.807, 2.05) is 0 Å². The average molecular weight is 397 g/mol. The number of nitrogens with zero attached hydrogens (tertiary/aromatic N) is 1. The van der Waals surface area contributed by atoms with Gasteiger partial charge < -0.3 is 0 Å². The third-order valence-corrected chi connectivity index (χ3v) is 5.45. The third-order valence-electron chi connectivity index (χ3n) is 2.84. The highest BCUT2D eigenvalue weighted by Crippen LogP contribution is 2.30. The lowest BCUT2D eigenvalue weighted by atomic mass is 10.3. The number of sulfonamides is 1. The molecule has 0 N–H and O–H groups in total. The Hall–Kier alpha value is -1.34. The minimum absolute atomic E-state index is 0.0662. The Morgan fingerprint density at radius 2 is 1.70 bits per heavy atom. The summed E-state index contributed by atoms with van der Waals surface area (Å²) in [7, 11) is -4.23. The number of hydrogen-bond donors (Lipinski definition) is 0. The van der Waals surface area contributed by atoms with Crippen LogP contribution in [0.3, 0.4) is 0 Å². The second-order valence-corrected chi connectivity index (χ2v) is 7.51. The van der Waals surface area contributed by atoms with Gasteiger partial charge in [0.15, 0.2) is 0 Å². The molecule has 0 aliphatic rings. The van der Waals surface area contributed by atoms with Crippen LogP contribution in [0.2, 0.25) is 10.0 Å². The maximum Gasteiger partial charge on any atom is 0.266 e. The summed E-state index contributed by atoms with van der Waals surface area (Å²) in [5.74, 6) is -0.552. The number of halogens is 4. The summed E-state index contributed by atoms with van der Waals surface area (Å²) in [6, 6.07) is 8.47. The third kappa shape index (κ3) is 4.14. The zero-order valence-electron chi connectivity index (χ0n) is 11.3. The Morgan fingerprint density at radius 3 is 2.26 bits per heavy atom. The highest BCUT2D eigenvalue weighted by atomic mass is 35.5. The molecule has 0 bridgehead atoms. The van der Waals surface area contributed by atoms with Crippen molar-refractivity contribution in [1.82, 2.24) is 0 Å². The molecule has 0 heterocycles. The van der Waals surface area contributed by atoms with Crippen LogP contribution in [-0.4, -0.2) is 20.2 Å². The SMILES string of the molecule is O=C(Cl)CN(c1ccc(F)cc1)S(=O)(=O)c1cc(Cl)ccc1Cl. The van der Waals surface area contributed by atoms with E-state index in [0.29, 0.717) is 0 Å². The summed E-state index contributed by atoms with van der Waals surface area (Å²) in [5, 5.41) is -0.816. The van der Waals surface area contributed by atoms with Gasteiger partial charge in [-0.3, -0.25) is 9.10 Å². The van der Waals surface area contributed by atoms with Gasteiger partial charge in [-0.05, 0) is 54.1 Å². The number of anilines is 1. The molecule has 0 aromatic heterocycles. The van der Waals surface area contributed by atoms with Crippen LogP contribution in [0.25, 0.3) is 0 Å². The maximum absolute atomic E-state index is 13.0. The van der Waals surface area contributed by atoms with Crippen LogP contribution in [-0.2, 0) is 14.8 Å². The molecular formula is C14H9Cl3FNO3S. The molecule has 0 amide bonds. The predicted octanol–water partition coefficient (Wildman–Crippen LogP) is 4.09. The van der Waals surface area contributed by atoms with Crippen LogP contribution in [0.15, 0.2) is 47.4 Å². The van der Waals surface area contributed by atoms with Gasteiger partial charge in [0.2, 0.25) is 5.24 Å². The van der Waals surface area contributed by atoms with E-state index in [2.05, 4.69) is 0 Å². The Kier molecular flexibility index (Phi) is 5.52. The first-order chi connectivity index (χ1) is 10.7. The van der Waals surface area contributed by atoms with Gasteiger partial charge in [0.1, 0.15) is 17.3 Å². The average Bonchev–Trinajstić information content (AvgIpc) is 2.48. The first-order valence-corrected chi connectivity index (χ1v) is 8.71. The Labute approximate surface area is 147 Å². The molecule has 122 valence electrons. The molecule has 0 radical (unpaired) electrons. The molecular weight excluding hydrogens is 388 g/mol. The maximum atomic E-state index is 13.0. The molecule has 0 aliphatic heterocycles. The van der Waals surface area contributed by atoms with Crippen molar-refractivity contribution in [2.24, 2.45) is 0 Å². The van der Waals surface area contributed by atoms with E-state index in [0.717, 1.165) is 22.5 Å². The molecule has 0 saturated heterocycles. The van der Waals surface area contributed by atoms with Gasteiger partial charge in [0.25, 0.3) is 10.0 Å². The van der Waals surface area contributed by atoms with Crippen LogP contribution in [0, 0.1) is 5.82 Å². The normalized spacial score (nSPS) is 11.3. The van der Waals surface area contributed by atoms with Crippen molar-refractivity contribution in [1.29, 1.82) is 0 Å². The molecule has 2 rings (SSSR count). The summed E-state index contributed by atoms with van der Waals surface area (Å²) in [6.07, 6.45) is 0. The van der Waals surface area contributed by atoms with Gasteiger partial charge in [-0.25, -0.2) is 12.8 Å². The fourth-order valence-electron chi connectivity index (χ4n) is 1.83. The van der Waals surface area contributed by atoms with Gasteiger partial charge >= 0.3 is 0 Å². The number of carbonyl (C=O) groups is 1. The van der Waals surface area contributed by atoms with Gasteiger partial charge in [0.05, 0.1) is 10.7 Å². The van der Waals surface area contributed by atoms with Crippen molar-refractivity contribution in [2.45, 2.75) is 4.90 Å². The van der Waals surface area contributed by atoms with Crippen molar-refractivity contribution in [3.05, 3.63) is 58.3 Å². The number of hydrogen-bond acceptors (Lipinski definition) is 3. The van der Waals surface area contributed by atoms with Crippen LogP contribution in [0.4, 0.5) is 10.1 Å². The largest absolute Gasteiger partial charge is 0.279 e. The van der Waals surface area contributed by atoms with Crippen LogP contribution < -0.4 is 4.31 Å². The van der Waals surface area contributed by atoms with Crippen LogP contribution >= 0.6 is 34.8 Å². The number of rotatable bonds is 5. The lowest BCUT2D eigenvalue weighted by molar-refractivity contribution is -0.110. The topological polar surface area (TPSA) is 54.5 Å². The van der Waals surface area contributed by atoms with Gasteiger partial charge in [-0.15, -0.1) is 0 Å². The summed E-state index contributed by atoms with van der Waals surface area (Å²) in [4.78, 5) is 11.0. The van der Waals surface area contributed by atoms with Crippen molar-refractivity contribution < 1.29 is 17.6 Å². The van der Waals surface area contributed by atoms with Crippen molar-refractivity contribution in [3.8, 4) is 0 Å². The minimum atomic E-state index is -4.23. The Bertz CT molecular complexity index is 841. The Morgan fingerprint density at radius 1 is 1.09 bits per heavy atom. The standard InChI is InChI=1S/C14H9Cl3FNO3S/c15-9-1-6-12(16)13(7-9)23(21,22)19(8-14(17)20)11-4-2-10(18)3-5-11/h1-7H,8H2. The quantitative estimate of drug-likeness (QED) is 0.715. The smallest absolute Gasteiger partial charge is 0.266 e. The second kappa shape index (κ2) is 7.05. The molecule has 0 aliphatic carbocycles. The van der Waals surface area contributed by atoms with E-state index >= 15 is 0 Å². The zero-order valence-corrected chi connectivity index (χ0v) is 14.4. The molecule has 2 aromatic carbocycles. The van der Waals surface area contributed by atoms with E-state index in [1.165, 1.54) is 24.3 Å². The van der Waals surface area contributed by atoms with Crippen LogP contribution in [0.5, 0.6) is 0 Å². The first kappa shape index (κ1) is 18.0. The zero-order chi connectivity index (χ0) is 17.2. The molecule has 2 aromatic rings.